The van der Waals surface area contributed by atoms with Crippen LogP contribution in [-0.2, 0) is 9.53 Å². The Bertz CT molecular complexity index is 860. The van der Waals surface area contributed by atoms with Crippen molar-refractivity contribution in [2.75, 3.05) is 13.2 Å². The first-order valence-corrected chi connectivity index (χ1v) is 10.4. The van der Waals surface area contributed by atoms with Gasteiger partial charge in [0.05, 0.1) is 29.7 Å². The molecule has 5 rings (SSSR count). The van der Waals surface area contributed by atoms with Crippen molar-refractivity contribution in [3.8, 4) is 12.1 Å². The quantitative estimate of drug-likeness (QED) is 0.693. The van der Waals surface area contributed by atoms with E-state index in [2.05, 4.69) is 6.07 Å². The van der Waals surface area contributed by atoms with Gasteiger partial charge in [-0.25, -0.2) is 4.79 Å². The molecule has 1 aromatic rings. The van der Waals surface area contributed by atoms with Crippen LogP contribution in [0.25, 0.3) is 0 Å². The van der Waals surface area contributed by atoms with Gasteiger partial charge in [0.25, 0.3) is 5.91 Å². The lowest BCUT2D eigenvalue weighted by Gasteiger charge is -2.60. The van der Waals surface area contributed by atoms with Crippen molar-refractivity contribution < 1.29 is 14.3 Å². The summed E-state index contributed by atoms with van der Waals surface area (Å²) in [4.78, 5) is 27.3. The summed E-state index contributed by atoms with van der Waals surface area (Å²) in [7, 11) is 0. The number of hydrogen-bond donors (Lipinski definition) is 0. The number of benzene rings is 1. The van der Waals surface area contributed by atoms with E-state index in [1.807, 2.05) is 11.0 Å². The molecule has 29 heavy (non-hydrogen) atoms. The van der Waals surface area contributed by atoms with Crippen LogP contribution in [0.2, 0.25) is 0 Å². The largest absolute Gasteiger partial charge is 0.452 e. The first-order chi connectivity index (χ1) is 14.0. The van der Waals surface area contributed by atoms with Crippen LogP contribution in [0.5, 0.6) is 0 Å². The highest BCUT2D eigenvalue weighted by Crippen LogP contribution is 2.57. The molecule has 6 nitrogen and oxygen atoms in total. The summed E-state index contributed by atoms with van der Waals surface area (Å²) in [6.07, 6.45) is 7.11. The van der Waals surface area contributed by atoms with Crippen molar-refractivity contribution in [2.24, 2.45) is 17.8 Å². The standard InChI is InChI=1S/C23H25N3O3/c24-5-2-6-26(23-11-17-7-18(12-23)9-19(8-17)13-23)21(27)15-29-22(28)20-4-1-3-16(10-20)14-25/h1,3-4,10,17-19H,2,6-9,11-13,15H2. The molecular weight excluding hydrogens is 366 g/mol. The molecule has 4 bridgehead atoms. The zero-order valence-corrected chi connectivity index (χ0v) is 16.5. The van der Waals surface area contributed by atoms with Gasteiger partial charge in [-0.2, -0.15) is 10.5 Å². The van der Waals surface area contributed by atoms with Crippen LogP contribution in [0.4, 0.5) is 0 Å². The maximum atomic E-state index is 13.1. The van der Waals surface area contributed by atoms with E-state index in [4.69, 9.17) is 15.3 Å². The molecule has 4 fully saturated rings. The molecule has 0 saturated heterocycles. The summed E-state index contributed by atoms with van der Waals surface area (Å²) in [5, 5.41) is 18.1. The molecule has 4 aliphatic carbocycles. The summed E-state index contributed by atoms with van der Waals surface area (Å²) in [5.74, 6) is 1.20. The summed E-state index contributed by atoms with van der Waals surface area (Å²) >= 11 is 0. The second-order valence-corrected chi connectivity index (χ2v) is 8.86. The third kappa shape index (κ3) is 3.85. The van der Waals surface area contributed by atoms with Gasteiger partial charge in [-0.15, -0.1) is 0 Å². The van der Waals surface area contributed by atoms with Crippen LogP contribution in [0, 0.1) is 40.4 Å². The number of nitrogens with zero attached hydrogens (tertiary/aromatic N) is 3. The van der Waals surface area contributed by atoms with Gasteiger partial charge in [0.2, 0.25) is 0 Å². The Morgan fingerprint density at radius 3 is 2.34 bits per heavy atom. The van der Waals surface area contributed by atoms with Crippen LogP contribution in [0.15, 0.2) is 24.3 Å². The average Bonchev–Trinajstić information content (AvgIpc) is 2.71. The molecule has 0 aliphatic heterocycles. The molecule has 0 N–H and O–H groups in total. The molecule has 150 valence electrons. The number of ether oxygens (including phenoxy) is 1. The van der Waals surface area contributed by atoms with E-state index >= 15 is 0 Å². The minimum Gasteiger partial charge on any atom is -0.452 e. The minimum absolute atomic E-state index is 0.171. The Balaban J connectivity index is 1.46. The van der Waals surface area contributed by atoms with Crippen LogP contribution in [0.3, 0.4) is 0 Å². The van der Waals surface area contributed by atoms with Crippen molar-refractivity contribution in [2.45, 2.75) is 50.5 Å². The smallest absolute Gasteiger partial charge is 0.338 e. The molecule has 0 radical (unpaired) electrons. The third-order valence-corrected chi connectivity index (χ3v) is 6.88. The molecule has 0 unspecified atom stereocenters. The molecule has 1 aromatic carbocycles. The average molecular weight is 391 g/mol. The Morgan fingerprint density at radius 2 is 1.76 bits per heavy atom. The molecular formula is C23H25N3O3. The van der Waals surface area contributed by atoms with E-state index in [0.717, 1.165) is 19.3 Å². The molecule has 0 atom stereocenters. The SMILES string of the molecule is N#CCCN(C(=O)COC(=O)c1cccc(C#N)c1)C12CC3CC(CC(C3)C1)C2. The zero-order chi connectivity index (χ0) is 20.4. The lowest BCUT2D eigenvalue weighted by molar-refractivity contribution is -0.153. The highest BCUT2D eigenvalue weighted by molar-refractivity contribution is 5.91. The van der Waals surface area contributed by atoms with E-state index in [1.165, 1.54) is 25.3 Å². The second kappa shape index (κ2) is 7.87. The molecule has 4 aliphatic rings. The van der Waals surface area contributed by atoms with Crippen molar-refractivity contribution >= 4 is 11.9 Å². The van der Waals surface area contributed by atoms with Crippen molar-refractivity contribution in [3.63, 3.8) is 0 Å². The number of nitriles is 2. The first-order valence-electron chi connectivity index (χ1n) is 10.4. The van der Waals surface area contributed by atoms with E-state index < -0.39 is 5.97 Å². The third-order valence-electron chi connectivity index (χ3n) is 6.88. The molecule has 0 aromatic heterocycles. The highest BCUT2D eigenvalue weighted by atomic mass is 16.5. The topological polar surface area (TPSA) is 94.2 Å². The second-order valence-electron chi connectivity index (χ2n) is 8.86. The zero-order valence-electron chi connectivity index (χ0n) is 16.5. The Kier molecular flexibility index (Phi) is 5.28. The van der Waals surface area contributed by atoms with Crippen LogP contribution >= 0.6 is 0 Å². The van der Waals surface area contributed by atoms with E-state index in [-0.39, 0.29) is 30.0 Å². The molecule has 1 amide bonds. The Morgan fingerprint density at radius 1 is 1.10 bits per heavy atom. The highest BCUT2D eigenvalue weighted by Gasteiger charge is 2.54. The lowest BCUT2D eigenvalue weighted by atomic mass is 9.52. The summed E-state index contributed by atoms with van der Waals surface area (Å²) in [6.45, 7) is 0.0613. The van der Waals surface area contributed by atoms with E-state index in [9.17, 15) is 9.59 Å². The van der Waals surface area contributed by atoms with E-state index in [1.54, 1.807) is 18.2 Å². The van der Waals surface area contributed by atoms with Gasteiger partial charge in [-0.3, -0.25) is 4.79 Å². The number of rotatable bonds is 6. The van der Waals surface area contributed by atoms with Crippen LogP contribution in [-0.4, -0.2) is 35.5 Å². The predicted octanol–water partition coefficient (Wildman–Crippen LogP) is 3.43. The van der Waals surface area contributed by atoms with Crippen LogP contribution in [0.1, 0.15) is 60.9 Å². The fourth-order valence-electron chi connectivity index (χ4n) is 6.19. The molecule has 6 heteroatoms. The molecule has 4 saturated carbocycles. The first kappa shape index (κ1) is 19.5. The maximum absolute atomic E-state index is 13.1. The number of amides is 1. The van der Waals surface area contributed by atoms with Gasteiger partial charge in [-0.1, -0.05) is 6.07 Å². The van der Waals surface area contributed by atoms with Gasteiger partial charge in [0.15, 0.2) is 6.61 Å². The van der Waals surface area contributed by atoms with Gasteiger partial charge in [0, 0.05) is 12.1 Å². The van der Waals surface area contributed by atoms with Gasteiger partial charge < -0.3 is 9.64 Å². The Labute approximate surface area is 171 Å². The number of carbonyl (C=O) groups is 2. The van der Waals surface area contributed by atoms with Gasteiger partial charge in [0.1, 0.15) is 0 Å². The fraction of sp³-hybridized carbons (Fsp3) is 0.565. The predicted molar refractivity (Wildman–Crippen MR) is 104 cm³/mol. The van der Waals surface area contributed by atoms with E-state index in [0.29, 0.717) is 29.9 Å². The summed E-state index contributed by atoms with van der Waals surface area (Å²) in [6, 6.07) is 10.4. The fourth-order valence-corrected chi connectivity index (χ4v) is 6.19. The van der Waals surface area contributed by atoms with Crippen LogP contribution < -0.4 is 0 Å². The molecule has 0 heterocycles. The number of esters is 1. The molecule has 0 spiro atoms. The minimum atomic E-state index is -0.610. The Hall–Kier alpha value is -2.86. The monoisotopic (exact) mass is 391 g/mol. The lowest BCUT2D eigenvalue weighted by Crippen LogP contribution is -2.62. The summed E-state index contributed by atoms with van der Waals surface area (Å²) in [5.41, 5.74) is 0.459. The summed E-state index contributed by atoms with van der Waals surface area (Å²) < 4.78 is 5.29. The van der Waals surface area contributed by atoms with Gasteiger partial charge in [-0.05, 0) is 74.5 Å². The number of carbonyl (C=O) groups excluding carboxylic acids is 2. The normalized spacial score (nSPS) is 29.0. The number of hydrogen-bond acceptors (Lipinski definition) is 5. The van der Waals surface area contributed by atoms with Crippen molar-refractivity contribution in [1.29, 1.82) is 10.5 Å². The van der Waals surface area contributed by atoms with Crippen molar-refractivity contribution in [3.05, 3.63) is 35.4 Å². The maximum Gasteiger partial charge on any atom is 0.338 e. The van der Waals surface area contributed by atoms with Crippen molar-refractivity contribution in [1.82, 2.24) is 4.90 Å². The van der Waals surface area contributed by atoms with Gasteiger partial charge >= 0.3 is 5.97 Å².